The summed E-state index contributed by atoms with van der Waals surface area (Å²) in [5.41, 5.74) is 0. The van der Waals surface area contributed by atoms with Gasteiger partial charge in [0.15, 0.2) is 6.29 Å². The minimum absolute atomic E-state index is 0.0870. The molecule has 1 fully saturated rings. The number of hydrogen-bond acceptors (Lipinski definition) is 5. The maximum atomic E-state index is 9.39. The molecule has 0 saturated carbocycles. The van der Waals surface area contributed by atoms with E-state index in [4.69, 9.17) is 9.47 Å². The molecular formula is C8H14O5. The van der Waals surface area contributed by atoms with Gasteiger partial charge in [-0.15, -0.1) is 6.58 Å². The molecule has 1 heterocycles. The molecule has 5 nitrogen and oxygen atoms in total. The van der Waals surface area contributed by atoms with Crippen LogP contribution in [-0.4, -0.2) is 53.1 Å². The first-order chi connectivity index (χ1) is 6.16. The minimum atomic E-state index is -1.20. The summed E-state index contributed by atoms with van der Waals surface area (Å²) >= 11 is 0. The van der Waals surface area contributed by atoms with Gasteiger partial charge in [-0.3, -0.25) is 0 Å². The maximum absolute atomic E-state index is 9.39. The Morgan fingerprint density at radius 2 is 2.15 bits per heavy atom. The lowest BCUT2D eigenvalue weighted by Gasteiger charge is -2.34. The summed E-state index contributed by atoms with van der Waals surface area (Å²) in [7, 11) is 0. The van der Waals surface area contributed by atoms with Gasteiger partial charge in [0.1, 0.15) is 18.3 Å². The fraction of sp³-hybridized carbons (Fsp3) is 0.750. The monoisotopic (exact) mass is 190 g/mol. The third-order valence-corrected chi connectivity index (χ3v) is 1.86. The second kappa shape index (κ2) is 4.69. The zero-order valence-corrected chi connectivity index (χ0v) is 7.17. The SMILES string of the molecule is C=CCO[C@@H]1[C@@H](O)[C@H](O)CO[C@@H]1O. The molecule has 0 bridgehead atoms. The average molecular weight is 190 g/mol. The van der Waals surface area contributed by atoms with Gasteiger partial charge in [-0.2, -0.15) is 0 Å². The zero-order chi connectivity index (χ0) is 9.84. The van der Waals surface area contributed by atoms with Gasteiger partial charge < -0.3 is 24.8 Å². The summed E-state index contributed by atoms with van der Waals surface area (Å²) in [5.74, 6) is 0. The third-order valence-electron chi connectivity index (χ3n) is 1.86. The van der Waals surface area contributed by atoms with Gasteiger partial charge in [-0.05, 0) is 0 Å². The van der Waals surface area contributed by atoms with Crippen molar-refractivity contribution < 1.29 is 24.8 Å². The molecule has 4 atom stereocenters. The van der Waals surface area contributed by atoms with Crippen LogP contribution in [0.15, 0.2) is 12.7 Å². The molecule has 3 N–H and O–H groups in total. The van der Waals surface area contributed by atoms with E-state index in [2.05, 4.69) is 6.58 Å². The molecule has 1 aliphatic rings. The van der Waals surface area contributed by atoms with Crippen molar-refractivity contribution in [1.82, 2.24) is 0 Å². The Labute approximate surface area is 76.2 Å². The molecule has 1 rings (SSSR count). The van der Waals surface area contributed by atoms with Crippen LogP contribution in [0.5, 0.6) is 0 Å². The van der Waals surface area contributed by atoms with Crippen molar-refractivity contribution in [2.45, 2.75) is 24.6 Å². The van der Waals surface area contributed by atoms with Crippen molar-refractivity contribution in [2.75, 3.05) is 13.2 Å². The first kappa shape index (κ1) is 10.6. The van der Waals surface area contributed by atoms with E-state index in [1.165, 1.54) is 6.08 Å². The summed E-state index contributed by atoms with van der Waals surface area (Å²) in [6.07, 6.45) is -2.76. The zero-order valence-electron chi connectivity index (χ0n) is 7.17. The molecule has 0 aromatic rings. The van der Waals surface area contributed by atoms with Crippen LogP contribution in [0.1, 0.15) is 0 Å². The van der Waals surface area contributed by atoms with Gasteiger partial charge in [0, 0.05) is 0 Å². The smallest absolute Gasteiger partial charge is 0.183 e. The van der Waals surface area contributed by atoms with Crippen molar-refractivity contribution in [3.05, 3.63) is 12.7 Å². The van der Waals surface area contributed by atoms with Gasteiger partial charge in [0.25, 0.3) is 0 Å². The standard InChI is InChI=1S/C8H14O5/c1-2-3-12-7-6(10)5(9)4-13-8(7)11/h2,5-11H,1,3-4H2/t5-,6+,7-,8+/m1/s1. The van der Waals surface area contributed by atoms with Crippen molar-refractivity contribution in [3.8, 4) is 0 Å². The van der Waals surface area contributed by atoms with Crippen LogP contribution >= 0.6 is 0 Å². The van der Waals surface area contributed by atoms with Gasteiger partial charge in [0.05, 0.1) is 13.2 Å². The third kappa shape index (κ3) is 2.49. The second-order valence-electron chi connectivity index (χ2n) is 2.87. The van der Waals surface area contributed by atoms with Crippen LogP contribution in [0.25, 0.3) is 0 Å². The fourth-order valence-electron chi connectivity index (χ4n) is 1.14. The Morgan fingerprint density at radius 3 is 2.77 bits per heavy atom. The summed E-state index contributed by atoms with van der Waals surface area (Å²) in [6, 6.07) is 0. The van der Waals surface area contributed by atoms with Crippen LogP contribution in [0, 0.1) is 0 Å². The highest BCUT2D eigenvalue weighted by Gasteiger charge is 2.38. The lowest BCUT2D eigenvalue weighted by molar-refractivity contribution is -0.262. The quantitative estimate of drug-likeness (QED) is 0.478. The lowest BCUT2D eigenvalue weighted by Crippen LogP contribution is -2.54. The van der Waals surface area contributed by atoms with E-state index < -0.39 is 24.6 Å². The van der Waals surface area contributed by atoms with Gasteiger partial charge in [0.2, 0.25) is 0 Å². The second-order valence-corrected chi connectivity index (χ2v) is 2.87. The Kier molecular flexibility index (Phi) is 3.83. The molecule has 0 spiro atoms. The van der Waals surface area contributed by atoms with Gasteiger partial charge in [-0.1, -0.05) is 6.08 Å². The molecule has 1 saturated heterocycles. The van der Waals surface area contributed by atoms with Crippen molar-refractivity contribution in [1.29, 1.82) is 0 Å². The molecular weight excluding hydrogens is 176 g/mol. The minimum Gasteiger partial charge on any atom is -0.388 e. The van der Waals surface area contributed by atoms with E-state index in [1.54, 1.807) is 0 Å². The fourth-order valence-corrected chi connectivity index (χ4v) is 1.14. The Morgan fingerprint density at radius 1 is 1.46 bits per heavy atom. The predicted molar refractivity (Wildman–Crippen MR) is 43.9 cm³/mol. The van der Waals surface area contributed by atoms with Crippen LogP contribution < -0.4 is 0 Å². The molecule has 0 amide bonds. The highest BCUT2D eigenvalue weighted by molar-refractivity contribution is 4.84. The van der Waals surface area contributed by atoms with E-state index in [-0.39, 0.29) is 13.2 Å². The van der Waals surface area contributed by atoms with E-state index in [9.17, 15) is 15.3 Å². The van der Waals surface area contributed by atoms with E-state index in [0.717, 1.165) is 0 Å². The first-order valence-electron chi connectivity index (χ1n) is 4.05. The number of aliphatic hydroxyl groups is 3. The van der Waals surface area contributed by atoms with Crippen molar-refractivity contribution in [2.24, 2.45) is 0 Å². The number of rotatable bonds is 3. The van der Waals surface area contributed by atoms with Crippen LogP contribution in [0.2, 0.25) is 0 Å². The molecule has 0 aliphatic carbocycles. The average Bonchev–Trinajstić information content (AvgIpc) is 2.12. The highest BCUT2D eigenvalue weighted by atomic mass is 16.6. The van der Waals surface area contributed by atoms with Crippen molar-refractivity contribution >= 4 is 0 Å². The Balaban J connectivity index is 2.50. The van der Waals surface area contributed by atoms with Crippen LogP contribution in [0.3, 0.4) is 0 Å². The Bertz CT molecular complexity index is 172. The molecule has 13 heavy (non-hydrogen) atoms. The molecule has 76 valence electrons. The highest BCUT2D eigenvalue weighted by Crippen LogP contribution is 2.16. The van der Waals surface area contributed by atoms with E-state index in [0.29, 0.717) is 0 Å². The normalized spacial score (nSPS) is 40.2. The largest absolute Gasteiger partial charge is 0.388 e. The Hall–Kier alpha value is -0.460. The number of aliphatic hydroxyl groups excluding tert-OH is 3. The molecule has 0 unspecified atom stereocenters. The van der Waals surface area contributed by atoms with Gasteiger partial charge in [-0.25, -0.2) is 0 Å². The number of ether oxygens (including phenoxy) is 2. The molecule has 5 heteroatoms. The molecule has 1 aliphatic heterocycles. The summed E-state index contributed by atoms with van der Waals surface area (Å²) < 4.78 is 9.78. The summed E-state index contributed by atoms with van der Waals surface area (Å²) in [4.78, 5) is 0. The van der Waals surface area contributed by atoms with Crippen LogP contribution in [0.4, 0.5) is 0 Å². The topological polar surface area (TPSA) is 79.2 Å². The van der Waals surface area contributed by atoms with Gasteiger partial charge >= 0.3 is 0 Å². The predicted octanol–water partition coefficient (Wildman–Crippen LogP) is -1.37. The first-order valence-corrected chi connectivity index (χ1v) is 4.05. The molecule has 0 aromatic heterocycles. The summed E-state index contributed by atoms with van der Waals surface area (Å²) in [6.45, 7) is 3.52. The molecule has 0 aromatic carbocycles. The lowest BCUT2D eigenvalue weighted by atomic mass is 10.1. The van der Waals surface area contributed by atoms with E-state index in [1.807, 2.05) is 0 Å². The summed E-state index contributed by atoms with van der Waals surface area (Å²) in [5, 5.41) is 27.8. The molecule has 0 radical (unpaired) electrons. The van der Waals surface area contributed by atoms with Crippen molar-refractivity contribution in [3.63, 3.8) is 0 Å². The number of hydrogen-bond donors (Lipinski definition) is 3. The maximum Gasteiger partial charge on any atom is 0.183 e. The van der Waals surface area contributed by atoms with E-state index >= 15 is 0 Å². The van der Waals surface area contributed by atoms with Crippen LogP contribution in [-0.2, 0) is 9.47 Å².